The first-order chi connectivity index (χ1) is 38.0. The van der Waals surface area contributed by atoms with Crippen molar-refractivity contribution in [3.63, 3.8) is 0 Å². The zero-order valence-corrected chi connectivity index (χ0v) is 49.4. The van der Waals surface area contributed by atoms with Crippen LogP contribution in [-0.2, 0) is 39.6 Å². The number of fused-ring (bicyclic) bond motifs is 13. The molecule has 3 nitrogen and oxygen atoms in total. The van der Waals surface area contributed by atoms with Crippen molar-refractivity contribution in [2.75, 3.05) is 0 Å². The van der Waals surface area contributed by atoms with Crippen LogP contribution in [0.15, 0.2) is 273 Å². The Hall–Kier alpha value is -8.47. The minimum absolute atomic E-state index is 0. The molecule has 1 N–H and O–H groups in total. The smallest absolute Gasteiger partial charge is 0.128 e. The molecular weight excluding hydrogens is 1210 g/mol. The topological polar surface area (TPSA) is 46.0 Å². The summed E-state index contributed by atoms with van der Waals surface area (Å²) < 4.78 is 1.14. The summed E-state index contributed by atoms with van der Waals surface area (Å²) in [6.07, 6.45) is 1.81. The number of aromatic hydroxyl groups is 1. The second-order valence-corrected chi connectivity index (χ2v) is 20.3. The van der Waals surface area contributed by atoms with Gasteiger partial charge in [-0.15, -0.1) is 47.2 Å². The third kappa shape index (κ3) is 10.4. The van der Waals surface area contributed by atoms with Gasteiger partial charge >= 0.3 is 0 Å². The number of thiazole rings is 1. The van der Waals surface area contributed by atoms with Crippen molar-refractivity contribution < 1.29 is 44.7 Å². The Kier molecular flexibility index (Phi) is 15.5. The van der Waals surface area contributed by atoms with E-state index in [2.05, 4.69) is 211 Å². The third-order valence-corrected chi connectivity index (χ3v) is 15.7. The number of phenolic OH excluding ortho intramolecular Hbond substituents is 1. The Morgan fingerprint density at radius 2 is 0.797 bits per heavy atom. The molecule has 0 amide bonds. The van der Waals surface area contributed by atoms with Gasteiger partial charge in [-0.1, -0.05) is 194 Å². The van der Waals surface area contributed by atoms with Crippen LogP contribution in [0.3, 0.4) is 0 Å². The number of aryl methyl sites for hydroxylation is 1. The number of pyridine rings is 1. The van der Waals surface area contributed by atoms with E-state index >= 15 is 0 Å². The average molecular weight is 1260 g/mol. The molecule has 0 aliphatic carbocycles. The Balaban J connectivity index is 0.000000173. The molecule has 0 bridgehead atoms. The summed E-state index contributed by atoms with van der Waals surface area (Å²) >= 11 is 1.59. The number of phenols is 1. The maximum atomic E-state index is 9.76. The standard InChI is InChI=1S/C48H30.C13H9NOS.C12H10N.Ir.Zn/c1-3-19-41-37(15-1)39-17-5-7-21-43(39)47-29-35(23-25-45(41)47)33-13-9-11-31(27-33)32-12-10-14-34(28-32)36-24-26-46-42-20-4-2-16-38(42)40-18-6-8-22-44(40)48(46)30-36;15-11-7-3-1-5-9(11)13-14-10-6-2-4-8-12(10)16-13;1-10-6-5-9-13-12(10)11-7-3-2-4-8-11;;/h1-30H;1-8,15H;2-7,9H,1H3;;/q;;-1;;. The van der Waals surface area contributed by atoms with Gasteiger partial charge in [0.1, 0.15) is 10.8 Å². The first-order valence-electron chi connectivity index (χ1n) is 25.9. The molecule has 0 unspecified atom stereocenters. The first kappa shape index (κ1) is 52.6. The summed E-state index contributed by atoms with van der Waals surface area (Å²) in [4.78, 5) is 8.82. The van der Waals surface area contributed by atoms with Gasteiger partial charge in [-0.2, -0.15) is 0 Å². The van der Waals surface area contributed by atoms with Gasteiger partial charge in [-0.05, 0) is 165 Å². The van der Waals surface area contributed by atoms with Crippen LogP contribution in [-0.4, -0.2) is 15.1 Å². The van der Waals surface area contributed by atoms with Gasteiger partial charge in [0.05, 0.1) is 15.8 Å². The van der Waals surface area contributed by atoms with E-state index in [0.29, 0.717) is 0 Å². The Labute approximate surface area is 489 Å². The zero-order valence-electron chi connectivity index (χ0n) is 43.3. The van der Waals surface area contributed by atoms with E-state index in [-0.39, 0.29) is 45.3 Å². The van der Waals surface area contributed by atoms with E-state index < -0.39 is 0 Å². The van der Waals surface area contributed by atoms with Crippen LogP contribution in [0.2, 0.25) is 0 Å². The van der Waals surface area contributed by atoms with E-state index in [9.17, 15) is 5.11 Å². The molecule has 375 valence electrons. The Morgan fingerprint density at radius 1 is 0.380 bits per heavy atom. The summed E-state index contributed by atoms with van der Waals surface area (Å²) in [5, 5.41) is 26.2. The Morgan fingerprint density at radius 3 is 1.25 bits per heavy atom. The molecule has 2 aromatic heterocycles. The maximum absolute atomic E-state index is 9.76. The van der Waals surface area contributed by atoms with Crippen LogP contribution >= 0.6 is 11.3 Å². The SMILES string of the molecule is Cc1cccnc1-c1[c-]cccc1.Oc1ccccc1-c1nc2ccccc2s1.[Ir].[Zn].c1cc(-c2cccc(-c3ccc4c5ccccc5c5ccccc5c4c3)c2)cc(-c2ccc3c4ccccc4c4ccccc4c3c2)c1. The predicted molar refractivity (Wildman–Crippen MR) is 328 cm³/mol. The summed E-state index contributed by atoms with van der Waals surface area (Å²) in [5.41, 5.74) is 12.4. The molecule has 1 radical (unpaired) electrons. The molecular formula is C73H49IrN2OSZn-. The minimum atomic E-state index is 0. The molecule has 0 aliphatic rings. The fraction of sp³-hybridized carbons (Fsp3) is 0.0137. The van der Waals surface area contributed by atoms with Gasteiger partial charge in [0.2, 0.25) is 0 Å². The van der Waals surface area contributed by atoms with Gasteiger partial charge in [0, 0.05) is 45.8 Å². The number of hydrogen-bond donors (Lipinski definition) is 1. The van der Waals surface area contributed by atoms with Crippen LogP contribution in [0.4, 0.5) is 0 Å². The molecule has 15 aromatic rings. The molecule has 79 heavy (non-hydrogen) atoms. The molecule has 2 heterocycles. The molecule has 0 atom stereocenters. The molecule has 0 spiro atoms. The second kappa shape index (κ2) is 23.2. The number of para-hydroxylation sites is 2. The fourth-order valence-corrected chi connectivity index (χ4v) is 11.9. The van der Waals surface area contributed by atoms with Crippen LogP contribution in [0.5, 0.6) is 5.75 Å². The summed E-state index contributed by atoms with van der Waals surface area (Å²) in [7, 11) is 0. The fourth-order valence-electron chi connectivity index (χ4n) is 10.9. The molecule has 13 aromatic carbocycles. The van der Waals surface area contributed by atoms with E-state index in [4.69, 9.17) is 0 Å². The molecule has 15 rings (SSSR count). The zero-order chi connectivity index (χ0) is 51.7. The van der Waals surface area contributed by atoms with Gasteiger partial charge in [-0.3, -0.25) is 0 Å². The Bertz CT molecular complexity index is 4390. The molecule has 0 saturated carbocycles. The maximum Gasteiger partial charge on any atom is 0.128 e. The van der Waals surface area contributed by atoms with Gasteiger partial charge in [-0.25, -0.2) is 4.98 Å². The normalized spacial score (nSPS) is 10.9. The van der Waals surface area contributed by atoms with Crippen molar-refractivity contribution in [2.45, 2.75) is 6.92 Å². The van der Waals surface area contributed by atoms with Crippen molar-refractivity contribution in [1.29, 1.82) is 0 Å². The largest absolute Gasteiger partial charge is 0.507 e. The number of nitrogens with zero attached hydrogens (tertiary/aromatic N) is 2. The number of hydrogen-bond acceptors (Lipinski definition) is 4. The summed E-state index contributed by atoms with van der Waals surface area (Å²) in [6, 6.07) is 97.4. The van der Waals surface area contributed by atoms with Crippen LogP contribution in [0, 0.1) is 13.0 Å². The van der Waals surface area contributed by atoms with E-state index in [0.717, 1.165) is 32.0 Å². The van der Waals surface area contributed by atoms with Crippen molar-refractivity contribution in [3.05, 3.63) is 285 Å². The van der Waals surface area contributed by atoms with E-state index in [1.54, 1.807) is 17.4 Å². The molecule has 0 aliphatic heterocycles. The van der Waals surface area contributed by atoms with Gasteiger partial charge in [0.15, 0.2) is 0 Å². The average Bonchev–Trinajstić information content (AvgIpc) is 4.00. The second-order valence-electron chi connectivity index (χ2n) is 19.3. The van der Waals surface area contributed by atoms with Crippen LogP contribution in [0.25, 0.3) is 130 Å². The minimum Gasteiger partial charge on any atom is -0.507 e. The van der Waals surface area contributed by atoms with Crippen molar-refractivity contribution in [3.8, 4) is 61.0 Å². The van der Waals surface area contributed by atoms with E-state index in [1.807, 2.05) is 79.0 Å². The van der Waals surface area contributed by atoms with Gasteiger partial charge < -0.3 is 10.1 Å². The van der Waals surface area contributed by atoms with Crippen molar-refractivity contribution in [2.24, 2.45) is 0 Å². The third-order valence-electron chi connectivity index (χ3n) is 14.6. The number of rotatable bonds is 5. The first-order valence-corrected chi connectivity index (χ1v) is 26.7. The molecule has 0 saturated heterocycles. The molecule has 0 fully saturated rings. The number of aromatic nitrogens is 2. The predicted octanol–water partition coefficient (Wildman–Crippen LogP) is 20.1. The van der Waals surface area contributed by atoms with E-state index in [1.165, 1.54) is 104 Å². The van der Waals surface area contributed by atoms with Crippen molar-refractivity contribution in [1.82, 2.24) is 9.97 Å². The monoisotopic (exact) mass is 1260 g/mol. The van der Waals surface area contributed by atoms with Crippen LogP contribution < -0.4 is 0 Å². The summed E-state index contributed by atoms with van der Waals surface area (Å²) in [6.45, 7) is 2.06. The van der Waals surface area contributed by atoms with Gasteiger partial charge in [0.25, 0.3) is 0 Å². The van der Waals surface area contributed by atoms with Crippen LogP contribution in [0.1, 0.15) is 5.56 Å². The number of benzene rings is 13. The quantitative estimate of drug-likeness (QED) is 0.106. The van der Waals surface area contributed by atoms with Crippen molar-refractivity contribution >= 4 is 86.2 Å². The molecule has 6 heteroatoms. The summed E-state index contributed by atoms with van der Waals surface area (Å²) in [5.74, 6) is 0.279.